The lowest BCUT2D eigenvalue weighted by Crippen LogP contribution is -2.54. The van der Waals surface area contributed by atoms with Gasteiger partial charge in [0.1, 0.15) is 6.17 Å². The van der Waals surface area contributed by atoms with Crippen molar-refractivity contribution in [3.8, 4) is 0 Å². The Morgan fingerprint density at radius 2 is 1.93 bits per heavy atom. The van der Waals surface area contributed by atoms with Crippen LogP contribution in [0.1, 0.15) is 27.7 Å². The van der Waals surface area contributed by atoms with Crippen molar-refractivity contribution in [1.29, 1.82) is 0 Å². The summed E-state index contributed by atoms with van der Waals surface area (Å²) in [5.74, 6) is 0. The maximum absolute atomic E-state index is 12.8. The summed E-state index contributed by atoms with van der Waals surface area (Å²) < 4.78 is 12.8. The van der Waals surface area contributed by atoms with Crippen molar-refractivity contribution < 1.29 is 4.39 Å². The summed E-state index contributed by atoms with van der Waals surface area (Å²) >= 11 is 0. The fraction of sp³-hybridized carbons (Fsp3) is 1.00. The van der Waals surface area contributed by atoms with E-state index in [0.29, 0.717) is 18.6 Å². The highest BCUT2D eigenvalue weighted by Crippen LogP contribution is 2.13. The molecule has 1 saturated heterocycles. The van der Waals surface area contributed by atoms with E-state index in [1.807, 2.05) is 0 Å². The Hall–Kier alpha value is -0.150. The number of rotatable bonds is 3. The molecule has 0 bridgehead atoms. The molecule has 1 rings (SSSR count). The Bertz CT molecular complexity index is 171. The van der Waals surface area contributed by atoms with Gasteiger partial charge in [0.15, 0.2) is 0 Å². The third kappa shape index (κ3) is 3.21. The van der Waals surface area contributed by atoms with Crippen LogP contribution in [0.4, 0.5) is 4.39 Å². The molecule has 0 radical (unpaired) electrons. The quantitative estimate of drug-likeness (QED) is 0.688. The molecule has 84 valence electrons. The first-order chi connectivity index (χ1) is 6.50. The number of halogens is 1. The van der Waals surface area contributed by atoms with E-state index in [4.69, 9.17) is 0 Å². The maximum atomic E-state index is 12.8. The zero-order chi connectivity index (χ0) is 10.7. The van der Waals surface area contributed by atoms with Crippen molar-refractivity contribution in [3.05, 3.63) is 0 Å². The van der Waals surface area contributed by atoms with Crippen LogP contribution in [0.25, 0.3) is 0 Å². The van der Waals surface area contributed by atoms with E-state index in [1.54, 1.807) is 6.92 Å². The first-order valence-corrected chi connectivity index (χ1v) is 5.63. The van der Waals surface area contributed by atoms with Crippen molar-refractivity contribution in [3.63, 3.8) is 0 Å². The molecule has 1 aliphatic rings. The summed E-state index contributed by atoms with van der Waals surface area (Å²) in [6.45, 7) is 12.0. The normalized spacial score (nSPS) is 28.3. The maximum Gasteiger partial charge on any atom is 0.110 e. The van der Waals surface area contributed by atoms with Gasteiger partial charge in [-0.2, -0.15) is 0 Å². The second-order valence-electron chi connectivity index (χ2n) is 4.72. The molecule has 0 aromatic carbocycles. The Morgan fingerprint density at radius 3 is 2.36 bits per heavy atom. The largest absolute Gasteiger partial charge is 0.298 e. The summed E-state index contributed by atoms with van der Waals surface area (Å²) in [4.78, 5) is 4.72. The highest BCUT2D eigenvalue weighted by Gasteiger charge is 2.25. The first-order valence-electron chi connectivity index (χ1n) is 5.63. The summed E-state index contributed by atoms with van der Waals surface area (Å²) in [6.07, 6.45) is -0.701. The Morgan fingerprint density at radius 1 is 1.29 bits per heavy atom. The van der Waals surface area contributed by atoms with Gasteiger partial charge in [0.05, 0.1) is 0 Å². The minimum Gasteiger partial charge on any atom is -0.298 e. The van der Waals surface area contributed by atoms with Crippen LogP contribution in [-0.2, 0) is 0 Å². The molecule has 0 aliphatic carbocycles. The van der Waals surface area contributed by atoms with Crippen LogP contribution < -0.4 is 0 Å². The van der Waals surface area contributed by atoms with Gasteiger partial charge in [-0.1, -0.05) is 0 Å². The van der Waals surface area contributed by atoms with Gasteiger partial charge in [-0.3, -0.25) is 9.80 Å². The monoisotopic (exact) mass is 202 g/mol. The zero-order valence-electron chi connectivity index (χ0n) is 9.83. The standard InChI is InChI=1S/C11H23FN2/c1-9(2)14-6-5-13(7-10(3)12)8-11(14)4/h9-11H,5-8H2,1-4H3/t10?,11-/m0/s1. The van der Waals surface area contributed by atoms with Crippen molar-refractivity contribution in [2.75, 3.05) is 26.2 Å². The van der Waals surface area contributed by atoms with Gasteiger partial charge in [0.2, 0.25) is 0 Å². The van der Waals surface area contributed by atoms with Crippen molar-refractivity contribution in [2.24, 2.45) is 0 Å². The van der Waals surface area contributed by atoms with E-state index < -0.39 is 6.17 Å². The molecule has 0 amide bonds. The van der Waals surface area contributed by atoms with Crippen LogP contribution in [0.15, 0.2) is 0 Å². The van der Waals surface area contributed by atoms with Crippen LogP contribution in [0.3, 0.4) is 0 Å². The van der Waals surface area contributed by atoms with Gasteiger partial charge in [-0.05, 0) is 27.7 Å². The van der Waals surface area contributed by atoms with Crippen molar-refractivity contribution in [1.82, 2.24) is 9.80 Å². The lowest BCUT2D eigenvalue weighted by molar-refractivity contribution is 0.0494. The lowest BCUT2D eigenvalue weighted by Gasteiger charge is -2.42. The molecular weight excluding hydrogens is 179 g/mol. The van der Waals surface area contributed by atoms with Gasteiger partial charge >= 0.3 is 0 Å². The van der Waals surface area contributed by atoms with Crippen molar-refractivity contribution in [2.45, 2.75) is 46.0 Å². The summed E-state index contributed by atoms with van der Waals surface area (Å²) in [5, 5.41) is 0. The number of hydrogen-bond acceptors (Lipinski definition) is 2. The smallest absolute Gasteiger partial charge is 0.110 e. The molecule has 14 heavy (non-hydrogen) atoms. The minimum absolute atomic E-state index is 0.558. The molecule has 1 fully saturated rings. The molecule has 1 aliphatic heterocycles. The number of alkyl halides is 1. The summed E-state index contributed by atoms with van der Waals surface area (Å²) in [7, 11) is 0. The van der Waals surface area contributed by atoms with E-state index in [-0.39, 0.29) is 0 Å². The van der Waals surface area contributed by atoms with Gasteiger partial charge < -0.3 is 0 Å². The predicted octanol–water partition coefficient (Wildman–Crippen LogP) is 1.76. The average Bonchev–Trinajstić information content (AvgIpc) is 2.01. The van der Waals surface area contributed by atoms with E-state index in [0.717, 1.165) is 19.6 Å². The predicted molar refractivity (Wildman–Crippen MR) is 58.3 cm³/mol. The Kier molecular flexibility index (Phi) is 4.32. The van der Waals surface area contributed by atoms with Gasteiger partial charge in [-0.25, -0.2) is 4.39 Å². The fourth-order valence-electron chi connectivity index (χ4n) is 2.34. The third-order valence-corrected chi connectivity index (χ3v) is 2.94. The SMILES string of the molecule is CC(F)CN1CCN(C(C)C)[C@@H](C)C1. The van der Waals surface area contributed by atoms with Crippen LogP contribution in [0, 0.1) is 0 Å². The van der Waals surface area contributed by atoms with Crippen LogP contribution in [0.5, 0.6) is 0 Å². The number of nitrogens with zero attached hydrogens (tertiary/aromatic N) is 2. The van der Waals surface area contributed by atoms with Gasteiger partial charge in [0.25, 0.3) is 0 Å². The molecule has 0 saturated carbocycles. The van der Waals surface area contributed by atoms with Crippen LogP contribution in [0.2, 0.25) is 0 Å². The first kappa shape index (κ1) is 11.9. The fourth-order valence-corrected chi connectivity index (χ4v) is 2.34. The molecule has 0 aromatic rings. The third-order valence-electron chi connectivity index (χ3n) is 2.94. The van der Waals surface area contributed by atoms with Crippen molar-refractivity contribution >= 4 is 0 Å². The molecule has 1 unspecified atom stereocenters. The summed E-state index contributed by atoms with van der Waals surface area (Å²) in [6, 6.07) is 1.16. The molecular formula is C11H23FN2. The number of hydrogen-bond donors (Lipinski definition) is 0. The average molecular weight is 202 g/mol. The van der Waals surface area contributed by atoms with Gasteiger partial charge in [0, 0.05) is 38.3 Å². The highest BCUT2D eigenvalue weighted by molar-refractivity contribution is 4.81. The van der Waals surface area contributed by atoms with Crippen LogP contribution in [-0.4, -0.2) is 54.2 Å². The van der Waals surface area contributed by atoms with Crippen LogP contribution >= 0.6 is 0 Å². The molecule has 1 heterocycles. The molecule has 0 aromatic heterocycles. The van der Waals surface area contributed by atoms with E-state index in [9.17, 15) is 4.39 Å². The second-order valence-corrected chi connectivity index (χ2v) is 4.72. The molecule has 0 spiro atoms. The highest BCUT2D eigenvalue weighted by atomic mass is 19.1. The molecule has 2 atom stereocenters. The zero-order valence-corrected chi connectivity index (χ0v) is 9.83. The topological polar surface area (TPSA) is 6.48 Å². The lowest BCUT2D eigenvalue weighted by atomic mass is 10.1. The minimum atomic E-state index is -0.701. The van der Waals surface area contributed by atoms with E-state index in [2.05, 4.69) is 30.6 Å². The van der Waals surface area contributed by atoms with Gasteiger partial charge in [-0.15, -0.1) is 0 Å². The Labute approximate surface area is 87.1 Å². The Balaban J connectivity index is 2.39. The summed E-state index contributed by atoms with van der Waals surface area (Å²) in [5.41, 5.74) is 0. The molecule has 3 heteroatoms. The number of piperazine rings is 1. The van der Waals surface area contributed by atoms with E-state index in [1.165, 1.54) is 0 Å². The second kappa shape index (κ2) is 5.08. The van der Waals surface area contributed by atoms with E-state index >= 15 is 0 Å². The molecule has 0 N–H and O–H groups in total. The molecule has 2 nitrogen and oxygen atoms in total.